The predicted molar refractivity (Wildman–Crippen MR) is 103 cm³/mol. The fourth-order valence-corrected chi connectivity index (χ4v) is 3.35. The Morgan fingerprint density at radius 2 is 1.77 bits per heavy atom. The lowest BCUT2D eigenvalue weighted by Crippen LogP contribution is -2.38. The van der Waals surface area contributed by atoms with Gasteiger partial charge < -0.3 is 10.2 Å². The second-order valence-corrected chi connectivity index (χ2v) is 6.79. The highest BCUT2D eigenvalue weighted by Gasteiger charge is 2.26. The molecule has 0 spiro atoms. The van der Waals surface area contributed by atoms with Crippen LogP contribution in [0.15, 0.2) is 42.5 Å². The van der Waals surface area contributed by atoms with Crippen molar-refractivity contribution in [2.45, 2.75) is 26.7 Å². The average molecular weight is 353 g/mol. The molecule has 0 aliphatic carbocycles. The van der Waals surface area contributed by atoms with Crippen molar-refractivity contribution in [1.29, 1.82) is 0 Å². The first-order chi connectivity index (χ1) is 12.5. The van der Waals surface area contributed by atoms with Gasteiger partial charge in [-0.25, -0.2) is 0 Å². The SMILES string of the molecule is Cc1ccc(N2CCC(C(=O)Nc3cccc([N+](=O)[O-])c3C)CC2)cc1. The van der Waals surface area contributed by atoms with Gasteiger partial charge >= 0.3 is 0 Å². The minimum Gasteiger partial charge on any atom is -0.371 e. The maximum absolute atomic E-state index is 12.6. The number of carbonyl (C=O) groups is 1. The summed E-state index contributed by atoms with van der Waals surface area (Å²) >= 11 is 0. The summed E-state index contributed by atoms with van der Waals surface area (Å²) in [5.74, 6) is -0.132. The molecule has 0 atom stereocenters. The molecule has 1 amide bonds. The number of nitrogens with one attached hydrogen (secondary N) is 1. The van der Waals surface area contributed by atoms with Gasteiger partial charge in [-0.3, -0.25) is 14.9 Å². The molecule has 26 heavy (non-hydrogen) atoms. The van der Waals surface area contributed by atoms with Crippen molar-refractivity contribution in [3.8, 4) is 0 Å². The predicted octanol–water partition coefficient (Wildman–Crippen LogP) is 4.07. The molecule has 1 fully saturated rings. The molecule has 2 aromatic carbocycles. The summed E-state index contributed by atoms with van der Waals surface area (Å²) in [5.41, 5.74) is 3.45. The summed E-state index contributed by atoms with van der Waals surface area (Å²) < 4.78 is 0. The van der Waals surface area contributed by atoms with Crippen LogP contribution in [0.1, 0.15) is 24.0 Å². The molecular formula is C20H23N3O3. The fraction of sp³-hybridized carbons (Fsp3) is 0.350. The number of nitro groups is 1. The van der Waals surface area contributed by atoms with Crippen molar-refractivity contribution in [2.24, 2.45) is 5.92 Å². The Labute approximate surface area is 153 Å². The van der Waals surface area contributed by atoms with Crippen LogP contribution in [0.2, 0.25) is 0 Å². The summed E-state index contributed by atoms with van der Waals surface area (Å²) in [6.45, 7) is 5.38. The summed E-state index contributed by atoms with van der Waals surface area (Å²) in [6.07, 6.45) is 1.54. The third kappa shape index (κ3) is 3.85. The highest BCUT2D eigenvalue weighted by Crippen LogP contribution is 2.28. The normalized spacial score (nSPS) is 14.9. The topological polar surface area (TPSA) is 75.5 Å². The Hall–Kier alpha value is -2.89. The zero-order chi connectivity index (χ0) is 18.7. The Bertz CT molecular complexity index is 810. The molecule has 2 aromatic rings. The van der Waals surface area contributed by atoms with E-state index in [0.29, 0.717) is 11.3 Å². The number of aryl methyl sites for hydroxylation is 1. The lowest BCUT2D eigenvalue weighted by Gasteiger charge is -2.33. The van der Waals surface area contributed by atoms with Crippen molar-refractivity contribution < 1.29 is 9.72 Å². The molecule has 1 N–H and O–H groups in total. The number of benzene rings is 2. The molecule has 0 saturated carbocycles. The van der Waals surface area contributed by atoms with Gasteiger partial charge in [-0.1, -0.05) is 23.8 Å². The molecule has 0 bridgehead atoms. The van der Waals surface area contributed by atoms with Gasteiger partial charge in [0.05, 0.1) is 16.2 Å². The van der Waals surface area contributed by atoms with E-state index in [2.05, 4.69) is 41.4 Å². The highest BCUT2D eigenvalue weighted by molar-refractivity contribution is 5.94. The Balaban J connectivity index is 1.61. The van der Waals surface area contributed by atoms with Crippen LogP contribution in [0, 0.1) is 29.9 Å². The first-order valence-electron chi connectivity index (χ1n) is 8.82. The van der Waals surface area contributed by atoms with E-state index < -0.39 is 4.92 Å². The third-order valence-corrected chi connectivity index (χ3v) is 5.02. The van der Waals surface area contributed by atoms with Crippen LogP contribution >= 0.6 is 0 Å². The van der Waals surface area contributed by atoms with Crippen molar-refractivity contribution in [1.82, 2.24) is 0 Å². The molecule has 0 unspecified atom stereocenters. The summed E-state index contributed by atoms with van der Waals surface area (Å²) in [5, 5.41) is 13.9. The second-order valence-electron chi connectivity index (χ2n) is 6.79. The quantitative estimate of drug-likeness (QED) is 0.664. The van der Waals surface area contributed by atoms with Gasteiger partial charge in [0.1, 0.15) is 0 Å². The van der Waals surface area contributed by atoms with Gasteiger partial charge in [-0.2, -0.15) is 0 Å². The van der Waals surface area contributed by atoms with E-state index in [1.807, 2.05) is 0 Å². The van der Waals surface area contributed by atoms with Crippen molar-refractivity contribution in [3.63, 3.8) is 0 Å². The van der Waals surface area contributed by atoms with Gasteiger partial charge in [0, 0.05) is 30.8 Å². The number of nitro benzene ring substituents is 1. The zero-order valence-electron chi connectivity index (χ0n) is 15.1. The van der Waals surface area contributed by atoms with Crippen LogP contribution in [-0.2, 0) is 4.79 Å². The molecule has 1 heterocycles. The summed E-state index contributed by atoms with van der Waals surface area (Å²) in [7, 11) is 0. The van der Waals surface area contributed by atoms with E-state index in [-0.39, 0.29) is 17.5 Å². The van der Waals surface area contributed by atoms with Gasteiger partial charge in [0.2, 0.25) is 5.91 Å². The first kappa shape index (κ1) is 17.9. The van der Waals surface area contributed by atoms with Crippen molar-refractivity contribution in [3.05, 3.63) is 63.7 Å². The van der Waals surface area contributed by atoms with Gasteiger partial charge in [0.15, 0.2) is 0 Å². The number of nitrogens with zero attached hydrogens (tertiary/aromatic N) is 2. The molecule has 0 radical (unpaired) electrons. The van der Waals surface area contributed by atoms with E-state index in [9.17, 15) is 14.9 Å². The standard InChI is InChI=1S/C20H23N3O3/c1-14-6-8-17(9-7-14)22-12-10-16(11-13-22)20(24)21-18-4-3-5-19(15(18)2)23(25)26/h3-9,16H,10-13H2,1-2H3,(H,21,24). The molecule has 136 valence electrons. The van der Waals surface area contributed by atoms with E-state index in [1.165, 1.54) is 17.3 Å². The molecule has 6 nitrogen and oxygen atoms in total. The minimum absolute atomic E-state index is 0.0250. The monoisotopic (exact) mass is 353 g/mol. The third-order valence-electron chi connectivity index (χ3n) is 5.02. The van der Waals surface area contributed by atoms with Crippen molar-refractivity contribution in [2.75, 3.05) is 23.3 Å². The van der Waals surface area contributed by atoms with Crippen LogP contribution in [-0.4, -0.2) is 23.9 Å². The first-order valence-corrected chi connectivity index (χ1v) is 8.82. The molecule has 0 aromatic heterocycles. The Kier molecular flexibility index (Phi) is 5.21. The van der Waals surface area contributed by atoms with Crippen molar-refractivity contribution >= 4 is 23.0 Å². The number of anilines is 2. The number of amides is 1. The number of rotatable bonds is 4. The second kappa shape index (κ2) is 7.56. The number of hydrogen-bond acceptors (Lipinski definition) is 4. The fourth-order valence-electron chi connectivity index (χ4n) is 3.35. The average Bonchev–Trinajstić information content (AvgIpc) is 2.64. The lowest BCUT2D eigenvalue weighted by molar-refractivity contribution is -0.385. The summed E-state index contributed by atoms with van der Waals surface area (Å²) in [6, 6.07) is 13.2. The molecule has 1 saturated heterocycles. The van der Waals surface area contributed by atoms with E-state index in [4.69, 9.17) is 0 Å². The Morgan fingerprint density at radius 1 is 1.12 bits per heavy atom. The summed E-state index contributed by atoms with van der Waals surface area (Å²) in [4.78, 5) is 25.5. The lowest BCUT2D eigenvalue weighted by atomic mass is 9.95. The zero-order valence-corrected chi connectivity index (χ0v) is 15.1. The maximum Gasteiger partial charge on any atom is 0.274 e. The van der Waals surface area contributed by atoms with Gasteiger partial charge in [-0.15, -0.1) is 0 Å². The largest absolute Gasteiger partial charge is 0.371 e. The molecular weight excluding hydrogens is 330 g/mol. The van der Waals surface area contributed by atoms with Crippen LogP contribution in [0.25, 0.3) is 0 Å². The van der Waals surface area contributed by atoms with E-state index in [0.717, 1.165) is 25.9 Å². The maximum atomic E-state index is 12.6. The van der Waals surface area contributed by atoms with Crippen LogP contribution in [0.4, 0.5) is 17.1 Å². The smallest absolute Gasteiger partial charge is 0.274 e. The molecule has 1 aliphatic rings. The Morgan fingerprint density at radius 3 is 2.38 bits per heavy atom. The number of piperidine rings is 1. The van der Waals surface area contributed by atoms with Crippen LogP contribution < -0.4 is 10.2 Å². The molecule has 1 aliphatic heterocycles. The van der Waals surface area contributed by atoms with E-state index in [1.54, 1.807) is 19.1 Å². The minimum atomic E-state index is -0.426. The molecule has 3 rings (SSSR count). The van der Waals surface area contributed by atoms with Crippen LogP contribution in [0.5, 0.6) is 0 Å². The van der Waals surface area contributed by atoms with Gasteiger partial charge in [0.25, 0.3) is 5.69 Å². The van der Waals surface area contributed by atoms with Crippen LogP contribution in [0.3, 0.4) is 0 Å². The van der Waals surface area contributed by atoms with E-state index >= 15 is 0 Å². The van der Waals surface area contributed by atoms with Gasteiger partial charge in [-0.05, 0) is 44.9 Å². The number of hydrogen-bond donors (Lipinski definition) is 1. The highest BCUT2D eigenvalue weighted by atomic mass is 16.6. The molecule has 6 heteroatoms. The number of carbonyl (C=O) groups excluding carboxylic acids is 1.